The Balaban J connectivity index is 2.23. The Hall–Kier alpha value is -0.700. The summed E-state index contributed by atoms with van der Waals surface area (Å²) < 4.78 is 39.7. The van der Waals surface area contributed by atoms with E-state index in [0.717, 1.165) is 6.07 Å². The Morgan fingerprint density at radius 2 is 1.95 bits per heavy atom. The van der Waals surface area contributed by atoms with Gasteiger partial charge in [0.1, 0.15) is 10.7 Å². The standard InChI is InChI=1S/C13H17FN2O2S3/c1-20-13(12(15)19)6-8-16(9-7-13)21(17,18)11-5-3-2-4-10(11)14/h2-5H,6-9H2,1H3,(H2,15,19). The van der Waals surface area contributed by atoms with Crippen LogP contribution in [0.2, 0.25) is 0 Å². The number of benzene rings is 1. The van der Waals surface area contributed by atoms with Crippen LogP contribution in [0.1, 0.15) is 12.8 Å². The second kappa shape index (κ2) is 6.20. The molecule has 0 aromatic heterocycles. The molecule has 8 heteroatoms. The molecule has 4 nitrogen and oxygen atoms in total. The Bertz CT molecular complexity index is 641. The fraction of sp³-hybridized carbons (Fsp3) is 0.462. The monoisotopic (exact) mass is 348 g/mol. The number of hydrogen-bond acceptors (Lipinski definition) is 4. The van der Waals surface area contributed by atoms with Gasteiger partial charge in [0.2, 0.25) is 10.0 Å². The van der Waals surface area contributed by atoms with E-state index >= 15 is 0 Å². The summed E-state index contributed by atoms with van der Waals surface area (Å²) in [6.45, 7) is 0.573. The number of nitrogens with zero attached hydrogens (tertiary/aromatic N) is 1. The molecule has 1 aliphatic heterocycles. The molecule has 2 rings (SSSR count). The van der Waals surface area contributed by atoms with E-state index in [1.54, 1.807) is 11.8 Å². The fourth-order valence-corrected chi connectivity index (χ4v) is 5.18. The van der Waals surface area contributed by atoms with Gasteiger partial charge in [-0.05, 0) is 31.2 Å². The average Bonchev–Trinajstić information content (AvgIpc) is 2.47. The summed E-state index contributed by atoms with van der Waals surface area (Å²) >= 11 is 6.65. The molecule has 0 bridgehead atoms. The molecule has 0 saturated carbocycles. The number of thiocarbonyl (C=S) groups is 1. The first-order chi connectivity index (χ1) is 9.83. The third kappa shape index (κ3) is 3.08. The van der Waals surface area contributed by atoms with E-state index < -0.39 is 15.8 Å². The van der Waals surface area contributed by atoms with Crippen LogP contribution in [-0.2, 0) is 10.0 Å². The highest BCUT2D eigenvalue weighted by Crippen LogP contribution is 2.36. The van der Waals surface area contributed by atoms with Crippen molar-refractivity contribution in [1.29, 1.82) is 0 Å². The predicted molar refractivity (Wildman–Crippen MR) is 87.4 cm³/mol. The molecule has 0 aliphatic carbocycles. The molecule has 1 aromatic carbocycles. The molecule has 0 unspecified atom stereocenters. The van der Waals surface area contributed by atoms with Crippen LogP contribution in [0.5, 0.6) is 0 Å². The first-order valence-electron chi connectivity index (χ1n) is 6.43. The summed E-state index contributed by atoms with van der Waals surface area (Å²) in [6.07, 6.45) is 2.99. The van der Waals surface area contributed by atoms with E-state index in [0.29, 0.717) is 17.8 Å². The molecule has 1 heterocycles. The van der Waals surface area contributed by atoms with Gasteiger partial charge in [0.25, 0.3) is 0 Å². The molecule has 1 aromatic rings. The van der Waals surface area contributed by atoms with Gasteiger partial charge >= 0.3 is 0 Å². The SMILES string of the molecule is CSC1(C(N)=S)CCN(S(=O)(=O)c2ccccc2F)CC1. The fourth-order valence-electron chi connectivity index (χ4n) is 2.43. The van der Waals surface area contributed by atoms with E-state index in [1.807, 2.05) is 6.26 Å². The van der Waals surface area contributed by atoms with Crippen LogP contribution in [0.4, 0.5) is 4.39 Å². The molecule has 1 aliphatic rings. The normalized spacial score (nSPS) is 19.3. The van der Waals surface area contributed by atoms with E-state index in [2.05, 4.69) is 0 Å². The minimum absolute atomic E-state index is 0.281. The number of thioether (sulfide) groups is 1. The van der Waals surface area contributed by atoms with Gasteiger partial charge in [-0.15, -0.1) is 0 Å². The minimum atomic E-state index is -3.81. The van der Waals surface area contributed by atoms with Crippen molar-refractivity contribution >= 4 is 39.0 Å². The van der Waals surface area contributed by atoms with Crippen LogP contribution in [0.3, 0.4) is 0 Å². The second-order valence-electron chi connectivity index (χ2n) is 4.90. The highest BCUT2D eigenvalue weighted by atomic mass is 32.2. The zero-order chi connectivity index (χ0) is 15.7. The number of sulfonamides is 1. The predicted octanol–water partition coefficient (Wildman–Crippen LogP) is 2.00. The van der Waals surface area contributed by atoms with Crippen molar-refractivity contribution in [1.82, 2.24) is 4.31 Å². The number of hydrogen-bond donors (Lipinski definition) is 1. The number of rotatable bonds is 4. The highest BCUT2D eigenvalue weighted by Gasteiger charge is 2.40. The molecular formula is C13H17FN2O2S3. The van der Waals surface area contributed by atoms with Crippen molar-refractivity contribution in [3.05, 3.63) is 30.1 Å². The van der Waals surface area contributed by atoms with Gasteiger partial charge in [-0.3, -0.25) is 0 Å². The molecule has 116 valence electrons. The van der Waals surface area contributed by atoms with Gasteiger partial charge < -0.3 is 5.73 Å². The van der Waals surface area contributed by atoms with Gasteiger partial charge in [-0.25, -0.2) is 12.8 Å². The van der Waals surface area contributed by atoms with E-state index in [9.17, 15) is 12.8 Å². The smallest absolute Gasteiger partial charge is 0.245 e. The van der Waals surface area contributed by atoms with Crippen molar-refractivity contribution in [3.63, 3.8) is 0 Å². The zero-order valence-electron chi connectivity index (χ0n) is 11.6. The van der Waals surface area contributed by atoms with Crippen LogP contribution in [0.15, 0.2) is 29.2 Å². The first kappa shape index (κ1) is 16.7. The van der Waals surface area contributed by atoms with Crippen molar-refractivity contribution < 1.29 is 12.8 Å². The van der Waals surface area contributed by atoms with Crippen LogP contribution < -0.4 is 5.73 Å². The molecule has 0 amide bonds. The Morgan fingerprint density at radius 1 is 1.38 bits per heavy atom. The maximum Gasteiger partial charge on any atom is 0.245 e. The highest BCUT2D eigenvalue weighted by molar-refractivity contribution is 8.02. The van der Waals surface area contributed by atoms with Gasteiger partial charge in [-0.1, -0.05) is 24.4 Å². The van der Waals surface area contributed by atoms with Gasteiger partial charge in [-0.2, -0.15) is 16.1 Å². The zero-order valence-corrected chi connectivity index (χ0v) is 14.0. The minimum Gasteiger partial charge on any atom is -0.392 e. The van der Waals surface area contributed by atoms with Gasteiger partial charge in [0, 0.05) is 13.1 Å². The van der Waals surface area contributed by atoms with E-state index in [4.69, 9.17) is 18.0 Å². The largest absolute Gasteiger partial charge is 0.392 e. The molecule has 2 N–H and O–H groups in total. The maximum atomic E-state index is 13.7. The number of nitrogens with two attached hydrogens (primary N) is 1. The van der Waals surface area contributed by atoms with Crippen molar-refractivity contribution in [2.75, 3.05) is 19.3 Å². The third-order valence-corrected chi connectivity index (χ3v) is 7.69. The first-order valence-corrected chi connectivity index (χ1v) is 9.50. The lowest BCUT2D eigenvalue weighted by Crippen LogP contribution is -2.50. The molecular weight excluding hydrogens is 331 g/mol. The average molecular weight is 348 g/mol. The van der Waals surface area contributed by atoms with Crippen molar-refractivity contribution in [2.45, 2.75) is 22.5 Å². The Morgan fingerprint density at radius 3 is 2.43 bits per heavy atom. The lowest BCUT2D eigenvalue weighted by Gasteiger charge is -2.39. The van der Waals surface area contributed by atoms with E-state index in [-0.39, 0.29) is 22.7 Å². The molecule has 0 radical (unpaired) electrons. The summed E-state index contributed by atoms with van der Waals surface area (Å²) in [7, 11) is -3.81. The van der Waals surface area contributed by atoms with Crippen LogP contribution in [0, 0.1) is 5.82 Å². The molecule has 1 saturated heterocycles. The summed E-state index contributed by atoms with van der Waals surface area (Å²) in [6, 6.07) is 5.42. The molecule has 21 heavy (non-hydrogen) atoms. The summed E-state index contributed by atoms with van der Waals surface area (Å²) in [5.74, 6) is -0.728. The van der Waals surface area contributed by atoms with Gasteiger partial charge in [0.05, 0.1) is 9.74 Å². The Labute approximate surface area is 133 Å². The lowest BCUT2D eigenvalue weighted by molar-refractivity contribution is 0.331. The molecule has 1 fully saturated rings. The van der Waals surface area contributed by atoms with Crippen LogP contribution >= 0.6 is 24.0 Å². The maximum absolute atomic E-state index is 13.7. The van der Waals surface area contributed by atoms with Gasteiger partial charge in [0.15, 0.2) is 0 Å². The molecule has 0 spiro atoms. The quantitative estimate of drug-likeness (QED) is 0.843. The van der Waals surface area contributed by atoms with Crippen LogP contribution in [-0.4, -0.2) is 41.8 Å². The summed E-state index contributed by atoms with van der Waals surface area (Å²) in [4.78, 5) is 0.120. The number of piperidine rings is 1. The lowest BCUT2D eigenvalue weighted by atomic mass is 9.97. The molecule has 0 atom stereocenters. The second-order valence-corrected chi connectivity index (χ2v) is 8.43. The van der Waals surface area contributed by atoms with Crippen molar-refractivity contribution in [3.8, 4) is 0 Å². The number of halogens is 1. The third-order valence-electron chi connectivity index (χ3n) is 3.82. The summed E-state index contributed by atoms with van der Waals surface area (Å²) in [5, 5.41) is 0. The Kier molecular flexibility index (Phi) is 4.92. The van der Waals surface area contributed by atoms with Crippen molar-refractivity contribution in [2.24, 2.45) is 5.73 Å². The topological polar surface area (TPSA) is 63.4 Å². The van der Waals surface area contributed by atoms with E-state index in [1.165, 1.54) is 22.5 Å². The van der Waals surface area contributed by atoms with Crippen LogP contribution in [0.25, 0.3) is 0 Å². The summed E-state index contributed by atoms with van der Waals surface area (Å²) in [5.41, 5.74) is 5.79.